The molecule has 0 saturated carbocycles. The Morgan fingerprint density at radius 2 is 1.38 bits per heavy atom. The molecule has 122 valence electrons. The molecule has 3 rings (SSSR count). The van der Waals surface area contributed by atoms with Gasteiger partial charge < -0.3 is 20.1 Å². The Hall–Kier alpha value is -3.28. The molecular weight excluding hydrogens is 304 g/mol. The second-order valence-electron chi connectivity index (χ2n) is 4.97. The van der Waals surface area contributed by atoms with Gasteiger partial charge in [0.25, 0.3) is 0 Å². The van der Waals surface area contributed by atoms with Crippen molar-refractivity contribution >= 4 is 23.0 Å². The van der Waals surface area contributed by atoms with E-state index < -0.39 is 0 Å². The quantitative estimate of drug-likeness (QED) is 0.715. The number of ether oxygens (including phenoxy) is 2. The average Bonchev–Trinajstić information content (AvgIpc) is 2.63. The highest BCUT2D eigenvalue weighted by atomic mass is 16.5. The van der Waals surface area contributed by atoms with Crippen LogP contribution in [0.1, 0.15) is 0 Å². The number of aromatic nitrogens is 2. The van der Waals surface area contributed by atoms with Gasteiger partial charge >= 0.3 is 0 Å². The molecule has 0 unspecified atom stereocenters. The lowest BCUT2D eigenvalue weighted by molar-refractivity contribution is 0.355. The molecule has 0 radical (unpaired) electrons. The fraction of sp³-hybridized carbons (Fsp3) is 0.111. The monoisotopic (exact) mass is 322 g/mol. The number of hydrogen-bond acceptors (Lipinski definition) is 6. The molecule has 0 aliphatic carbocycles. The predicted molar refractivity (Wildman–Crippen MR) is 94.6 cm³/mol. The van der Waals surface area contributed by atoms with Crippen LogP contribution < -0.4 is 20.1 Å². The zero-order chi connectivity index (χ0) is 16.8. The first-order valence-electron chi connectivity index (χ1n) is 7.41. The largest absolute Gasteiger partial charge is 0.493 e. The van der Waals surface area contributed by atoms with E-state index in [4.69, 9.17) is 9.47 Å². The maximum Gasteiger partial charge on any atom is 0.162 e. The molecule has 0 saturated heterocycles. The maximum atomic E-state index is 5.31. The number of methoxy groups -OCH3 is 2. The van der Waals surface area contributed by atoms with Gasteiger partial charge in [-0.25, -0.2) is 9.97 Å². The van der Waals surface area contributed by atoms with Crippen molar-refractivity contribution in [2.75, 3.05) is 24.9 Å². The highest BCUT2D eigenvalue weighted by molar-refractivity contribution is 5.65. The van der Waals surface area contributed by atoms with E-state index in [-0.39, 0.29) is 0 Å². The minimum absolute atomic E-state index is 0.652. The van der Waals surface area contributed by atoms with Crippen molar-refractivity contribution in [3.8, 4) is 11.5 Å². The third kappa shape index (κ3) is 3.73. The van der Waals surface area contributed by atoms with E-state index in [1.807, 2.05) is 54.6 Å². The zero-order valence-corrected chi connectivity index (χ0v) is 13.5. The van der Waals surface area contributed by atoms with E-state index >= 15 is 0 Å². The number of anilines is 4. The summed E-state index contributed by atoms with van der Waals surface area (Å²) in [5, 5.41) is 6.46. The standard InChI is InChI=1S/C18H18N4O2/c1-23-15-9-8-14(10-16(15)24-2)22-18-11-17(19-12-20-18)21-13-6-4-3-5-7-13/h3-12H,1-2H3,(H2,19,20,21,22). The van der Waals surface area contributed by atoms with E-state index in [2.05, 4.69) is 20.6 Å². The fourth-order valence-corrected chi connectivity index (χ4v) is 2.23. The van der Waals surface area contributed by atoms with Crippen molar-refractivity contribution in [3.05, 3.63) is 60.9 Å². The lowest BCUT2D eigenvalue weighted by atomic mass is 10.2. The number of hydrogen-bond donors (Lipinski definition) is 2. The predicted octanol–water partition coefficient (Wildman–Crippen LogP) is 3.98. The summed E-state index contributed by atoms with van der Waals surface area (Å²) >= 11 is 0. The molecule has 0 fully saturated rings. The van der Waals surface area contributed by atoms with E-state index in [9.17, 15) is 0 Å². The lowest BCUT2D eigenvalue weighted by Crippen LogP contribution is -1.99. The Labute approximate surface area is 140 Å². The summed E-state index contributed by atoms with van der Waals surface area (Å²) in [7, 11) is 3.21. The number of para-hydroxylation sites is 1. The average molecular weight is 322 g/mol. The van der Waals surface area contributed by atoms with Crippen LogP contribution in [0.4, 0.5) is 23.0 Å². The van der Waals surface area contributed by atoms with E-state index in [1.54, 1.807) is 14.2 Å². The van der Waals surface area contributed by atoms with E-state index in [0.717, 1.165) is 11.4 Å². The second kappa shape index (κ2) is 7.32. The van der Waals surface area contributed by atoms with Crippen molar-refractivity contribution in [2.24, 2.45) is 0 Å². The third-order valence-corrected chi connectivity index (χ3v) is 3.37. The molecule has 1 heterocycles. The zero-order valence-electron chi connectivity index (χ0n) is 13.5. The SMILES string of the molecule is COc1ccc(Nc2cc(Nc3ccccc3)ncn2)cc1OC. The molecule has 2 aromatic carbocycles. The van der Waals surface area contributed by atoms with Gasteiger partial charge in [0.15, 0.2) is 11.5 Å². The molecule has 3 aromatic rings. The van der Waals surface area contributed by atoms with Crippen LogP contribution in [0.5, 0.6) is 11.5 Å². The Balaban J connectivity index is 1.77. The van der Waals surface area contributed by atoms with E-state index in [1.165, 1.54) is 6.33 Å². The van der Waals surface area contributed by atoms with Gasteiger partial charge in [0.2, 0.25) is 0 Å². The molecule has 0 aliphatic rings. The lowest BCUT2D eigenvalue weighted by Gasteiger charge is -2.11. The minimum Gasteiger partial charge on any atom is -0.493 e. The second-order valence-corrected chi connectivity index (χ2v) is 4.97. The summed E-state index contributed by atoms with van der Waals surface area (Å²) in [6, 6.07) is 17.3. The van der Waals surface area contributed by atoms with E-state index in [0.29, 0.717) is 23.1 Å². The molecule has 0 atom stereocenters. The van der Waals surface area contributed by atoms with Crippen LogP contribution in [0.25, 0.3) is 0 Å². The van der Waals surface area contributed by atoms with Gasteiger partial charge in [0.1, 0.15) is 18.0 Å². The Morgan fingerprint density at radius 1 is 0.708 bits per heavy atom. The highest BCUT2D eigenvalue weighted by Crippen LogP contribution is 2.31. The van der Waals surface area contributed by atoms with Gasteiger partial charge in [-0.05, 0) is 24.3 Å². The van der Waals surface area contributed by atoms with Crippen LogP contribution in [0.2, 0.25) is 0 Å². The van der Waals surface area contributed by atoms with Crippen molar-refractivity contribution in [1.29, 1.82) is 0 Å². The number of benzene rings is 2. The molecule has 2 N–H and O–H groups in total. The van der Waals surface area contributed by atoms with Crippen molar-refractivity contribution in [1.82, 2.24) is 9.97 Å². The summed E-state index contributed by atoms with van der Waals surface area (Å²) in [5.74, 6) is 2.71. The van der Waals surface area contributed by atoms with Gasteiger partial charge in [-0.1, -0.05) is 18.2 Å². The molecule has 1 aromatic heterocycles. The van der Waals surface area contributed by atoms with Crippen molar-refractivity contribution < 1.29 is 9.47 Å². The van der Waals surface area contributed by atoms with Crippen LogP contribution in [0.15, 0.2) is 60.9 Å². The van der Waals surface area contributed by atoms with Crippen LogP contribution in [0, 0.1) is 0 Å². The van der Waals surface area contributed by atoms with Crippen molar-refractivity contribution in [2.45, 2.75) is 0 Å². The number of nitrogens with one attached hydrogen (secondary N) is 2. The molecule has 6 nitrogen and oxygen atoms in total. The Kier molecular flexibility index (Phi) is 4.76. The summed E-state index contributed by atoms with van der Waals surface area (Å²) in [6.45, 7) is 0. The highest BCUT2D eigenvalue weighted by Gasteiger charge is 2.06. The topological polar surface area (TPSA) is 68.3 Å². The van der Waals surface area contributed by atoms with Gasteiger partial charge in [0.05, 0.1) is 14.2 Å². The van der Waals surface area contributed by atoms with Crippen LogP contribution in [-0.4, -0.2) is 24.2 Å². The summed E-state index contributed by atoms with van der Waals surface area (Å²) in [6.07, 6.45) is 1.51. The Morgan fingerprint density at radius 3 is 2.04 bits per heavy atom. The molecule has 0 amide bonds. The van der Waals surface area contributed by atoms with Gasteiger partial charge in [-0.2, -0.15) is 0 Å². The summed E-state index contributed by atoms with van der Waals surface area (Å²) in [5.41, 5.74) is 1.81. The molecule has 0 spiro atoms. The fourth-order valence-electron chi connectivity index (χ4n) is 2.23. The summed E-state index contributed by atoms with van der Waals surface area (Å²) < 4.78 is 10.5. The van der Waals surface area contributed by atoms with Crippen LogP contribution >= 0.6 is 0 Å². The summed E-state index contributed by atoms with van der Waals surface area (Å²) in [4.78, 5) is 8.47. The van der Waals surface area contributed by atoms with Crippen molar-refractivity contribution in [3.63, 3.8) is 0 Å². The molecule has 0 aliphatic heterocycles. The van der Waals surface area contributed by atoms with Crippen LogP contribution in [-0.2, 0) is 0 Å². The number of rotatable bonds is 6. The van der Waals surface area contributed by atoms with Crippen LogP contribution in [0.3, 0.4) is 0 Å². The normalized spacial score (nSPS) is 10.1. The van der Waals surface area contributed by atoms with Gasteiger partial charge in [-0.3, -0.25) is 0 Å². The first kappa shape index (κ1) is 15.6. The van der Waals surface area contributed by atoms with Gasteiger partial charge in [-0.15, -0.1) is 0 Å². The minimum atomic E-state index is 0.652. The Bertz CT molecular complexity index is 809. The number of nitrogens with zero attached hydrogens (tertiary/aromatic N) is 2. The van der Waals surface area contributed by atoms with Gasteiger partial charge in [0, 0.05) is 23.5 Å². The first-order chi connectivity index (χ1) is 11.8. The molecule has 6 heteroatoms. The molecular formula is C18H18N4O2. The third-order valence-electron chi connectivity index (χ3n) is 3.37. The molecule has 24 heavy (non-hydrogen) atoms. The molecule has 0 bridgehead atoms. The smallest absolute Gasteiger partial charge is 0.162 e. The first-order valence-corrected chi connectivity index (χ1v) is 7.41. The maximum absolute atomic E-state index is 5.31.